The van der Waals surface area contributed by atoms with Gasteiger partial charge in [0, 0.05) is 12.1 Å². The zero-order valence-corrected chi connectivity index (χ0v) is 16.3. The van der Waals surface area contributed by atoms with E-state index in [2.05, 4.69) is 5.32 Å². The number of likely N-dealkylation sites (tertiary alicyclic amines) is 1. The van der Waals surface area contributed by atoms with Crippen molar-refractivity contribution in [1.82, 2.24) is 10.2 Å². The number of hydrogen-bond acceptors (Lipinski definition) is 8. The zero-order chi connectivity index (χ0) is 21.8. The lowest BCUT2D eigenvalue weighted by Gasteiger charge is -2.45. The molecule has 0 bridgehead atoms. The molecule has 0 aromatic heterocycles. The smallest absolute Gasteiger partial charge is 0.408 e. The number of nitro groups is 1. The summed E-state index contributed by atoms with van der Waals surface area (Å²) in [7, 11) is 0. The number of ether oxygens (including phenoxy) is 2. The van der Waals surface area contributed by atoms with Crippen molar-refractivity contribution in [2.75, 3.05) is 13.2 Å². The summed E-state index contributed by atoms with van der Waals surface area (Å²) < 4.78 is 10.1. The Labute approximate surface area is 166 Å². The minimum absolute atomic E-state index is 0.0828. The van der Waals surface area contributed by atoms with E-state index in [-0.39, 0.29) is 12.3 Å². The van der Waals surface area contributed by atoms with Crippen molar-refractivity contribution in [1.29, 1.82) is 0 Å². The molecule has 1 aliphatic heterocycles. The Bertz CT molecular complexity index is 787. The number of β-lactam (4-membered cyclic amide) rings is 1. The van der Waals surface area contributed by atoms with Crippen LogP contribution in [0.25, 0.3) is 0 Å². The minimum atomic E-state index is -0.989. The Kier molecular flexibility index (Phi) is 6.75. The van der Waals surface area contributed by atoms with Crippen molar-refractivity contribution in [3.63, 3.8) is 0 Å². The van der Waals surface area contributed by atoms with Crippen LogP contribution in [0.4, 0.5) is 10.5 Å². The van der Waals surface area contributed by atoms with Crippen LogP contribution in [0.2, 0.25) is 0 Å². The number of amides is 2. The molecule has 11 heteroatoms. The normalized spacial score (nSPS) is 18.6. The van der Waals surface area contributed by atoms with Crippen LogP contribution in [0.5, 0.6) is 0 Å². The Morgan fingerprint density at radius 2 is 1.90 bits per heavy atom. The van der Waals surface area contributed by atoms with Crippen molar-refractivity contribution < 1.29 is 33.9 Å². The van der Waals surface area contributed by atoms with Crippen LogP contribution in [0.3, 0.4) is 0 Å². The lowest BCUT2D eigenvalue weighted by Crippen LogP contribution is -2.72. The van der Waals surface area contributed by atoms with Crippen LogP contribution in [0, 0.1) is 10.1 Å². The predicted octanol–water partition coefficient (Wildman–Crippen LogP) is 0.734. The summed E-state index contributed by atoms with van der Waals surface area (Å²) in [4.78, 5) is 47.2. The molecule has 1 aliphatic rings. The second kappa shape index (κ2) is 8.86. The first-order chi connectivity index (χ1) is 13.5. The van der Waals surface area contributed by atoms with Crippen LogP contribution in [0.15, 0.2) is 24.3 Å². The van der Waals surface area contributed by atoms with Crippen LogP contribution in [-0.4, -0.2) is 63.7 Å². The van der Waals surface area contributed by atoms with Crippen molar-refractivity contribution >= 4 is 23.7 Å². The number of non-ortho nitro benzene ring substituents is 1. The standard InChI is InChI=1S/C18H23N3O8/c1-18(2,3)29-17(25)19-15-13(9-22)20(16(15)24)8-14(23)28-10-11-4-6-12(7-5-11)21(26)27/h4-7,13,15,22H,8-10H2,1-3H3,(H,19,25). The highest BCUT2D eigenvalue weighted by Crippen LogP contribution is 2.21. The molecule has 158 valence electrons. The Hall–Kier alpha value is -3.21. The van der Waals surface area contributed by atoms with Crippen LogP contribution in [-0.2, 0) is 25.7 Å². The first kappa shape index (κ1) is 22.1. The minimum Gasteiger partial charge on any atom is -0.459 e. The fraction of sp³-hybridized carbons (Fsp3) is 0.500. The molecule has 1 aromatic rings. The van der Waals surface area contributed by atoms with Gasteiger partial charge in [-0.25, -0.2) is 4.79 Å². The van der Waals surface area contributed by atoms with Gasteiger partial charge in [-0.3, -0.25) is 19.7 Å². The number of carbonyl (C=O) groups is 3. The van der Waals surface area contributed by atoms with E-state index >= 15 is 0 Å². The molecule has 1 aromatic carbocycles. The van der Waals surface area contributed by atoms with Gasteiger partial charge in [0.15, 0.2) is 0 Å². The Morgan fingerprint density at radius 3 is 2.41 bits per heavy atom. The first-order valence-corrected chi connectivity index (χ1v) is 8.81. The number of aliphatic hydroxyl groups excluding tert-OH is 1. The number of hydrogen-bond donors (Lipinski definition) is 2. The van der Waals surface area contributed by atoms with E-state index in [1.807, 2.05) is 0 Å². The largest absolute Gasteiger partial charge is 0.459 e. The number of rotatable bonds is 7. The summed E-state index contributed by atoms with van der Waals surface area (Å²) in [6.07, 6.45) is -0.797. The van der Waals surface area contributed by atoms with E-state index in [1.165, 1.54) is 24.3 Å². The number of esters is 1. The van der Waals surface area contributed by atoms with Gasteiger partial charge in [-0.15, -0.1) is 0 Å². The molecule has 29 heavy (non-hydrogen) atoms. The van der Waals surface area contributed by atoms with Crippen molar-refractivity contribution in [2.24, 2.45) is 0 Å². The van der Waals surface area contributed by atoms with Gasteiger partial charge in [-0.05, 0) is 38.5 Å². The highest BCUT2D eigenvalue weighted by atomic mass is 16.6. The lowest BCUT2D eigenvalue weighted by molar-refractivity contribution is -0.384. The molecule has 0 saturated carbocycles. The molecule has 2 rings (SSSR count). The van der Waals surface area contributed by atoms with Gasteiger partial charge < -0.3 is 24.8 Å². The number of nitrogens with one attached hydrogen (secondary N) is 1. The monoisotopic (exact) mass is 409 g/mol. The maximum atomic E-state index is 12.2. The number of benzene rings is 1. The molecular weight excluding hydrogens is 386 g/mol. The third-order valence-electron chi connectivity index (χ3n) is 4.04. The highest BCUT2D eigenvalue weighted by Gasteiger charge is 2.49. The van der Waals surface area contributed by atoms with Gasteiger partial charge in [-0.2, -0.15) is 0 Å². The summed E-state index contributed by atoms with van der Waals surface area (Å²) in [6, 6.07) is 3.72. The number of carbonyl (C=O) groups excluding carboxylic acids is 3. The fourth-order valence-electron chi connectivity index (χ4n) is 2.66. The molecule has 0 aliphatic carbocycles. The molecule has 1 heterocycles. The SMILES string of the molecule is CC(C)(C)OC(=O)NC1C(=O)N(CC(=O)OCc2ccc([N+](=O)[O-])cc2)C1CO. The molecule has 0 spiro atoms. The number of alkyl carbamates (subject to hydrolysis) is 1. The quantitative estimate of drug-likeness (QED) is 0.290. The predicted molar refractivity (Wildman–Crippen MR) is 98.6 cm³/mol. The zero-order valence-electron chi connectivity index (χ0n) is 16.3. The van der Waals surface area contributed by atoms with Crippen LogP contribution in [0.1, 0.15) is 26.3 Å². The molecule has 11 nitrogen and oxygen atoms in total. The third-order valence-corrected chi connectivity index (χ3v) is 4.04. The first-order valence-electron chi connectivity index (χ1n) is 8.81. The van der Waals surface area contributed by atoms with Crippen LogP contribution >= 0.6 is 0 Å². The van der Waals surface area contributed by atoms with Gasteiger partial charge in [0.25, 0.3) is 5.69 Å². The fourth-order valence-corrected chi connectivity index (χ4v) is 2.66. The average Bonchev–Trinajstić information content (AvgIpc) is 2.63. The van der Waals surface area contributed by atoms with E-state index in [4.69, 9.17) is 9.47 Å². The van der Waals surface area contributed by atoms with Crippen LogP contribution < -0.4 is 5.32 Å². The average molecular weight is 409 g/mol. The van der Waals surface area contributed by atoms with E-state index in [0.717, 1.165) is 4.90 Å². The van der Waals surface area contributed by atoms with Gasteiger partial charge >= 0.3 is 12.1 Å². The second-order valence-electron chi connectivity index (χ2n) is 7.42. The summed E-state index contributed by atoms with van der Waals surface area (Å²) in [5, 5.41) is 22.5. The summed E-state index contributed by atoms with van der Waals surface area (Å²) in [5.41, 5.74) is -0.282. The molecular formula is C18H23N3O8. The molecule has 1 saturated heterocycles. The Morgan fingerprint density at radius 1 is 1.28 bits per heavy atom. The van der Waals surface area contributed by atoms with E-state index in [9.17, 15) is 29.6 Å². The van der Waals surface area contributed by atoms with Crippen molar-refractivity contribution in [3.8, 4) is 0 Å². The molecule has 0 radical (unpaired) electrons. The van der Waals surface area contributed by atoms with Crippen molar-refractivity contribution in [3.05, 3.63) is 39.9 Å². The molecule has 2 amide bonds. The summed E-state index contributed by atoms with van der Waals surface area (Å²) in [6.45, 7) is 4.04. The van der Waals surface area contributed by atoms with E-state index in [1.54, 1.807) is 20.8 Å². The maximum Gasteiger partial charge on any atom is 0.408 e. The number of nitrogens with zero attached hydrogens (tertiary/aromatic N) is 2. The molecule has 2 N–H and O–H groups in total. The Balaban J connectivity index is 1.84. The highest BCUT2D eigenvalue weighted by molar-refractivity contribution is 5.94. The van der Waals surface area contributed by atoms with E-state index < -0.39 is 53.7 Å². The second-order valence-corrected chi connectivity index (χ2v) is 7.42. The number of nitro benzene ring substituents is 1. The topological polar surface area (TPSA) is 148 Å². The molecule has 1 fully saturated rings. The van der Waals surface area contributed by atoms with E-state index in [0.29, 0.717) is 5.56 Å². The van der Waals surface area contributed by atoms with Gasteiger partial charge in [0.1, 0.15) is 24.8 Å². The summed E-state index contributed by atoms with van der Waals surface area (Å²) in [5.74, 6) is -1.26. The van der Waals surface area contributed by atoms with Gasteiger partial charge in [-0.1, -0.05) is 0 Å². The summed E-state index contributed by atoms with van der Waals surface area (Å²) >= 11 is 0. The molecule has 2 unspecified atom stereocenters. The number of aliphatic hydroxyl groups is 1. The maximum absolute atomic E-state index is 12.2. The molecule has 2 atom stereocenters. The van der Waals surface area contributed by atoms with Crippen molar-refractivity contribution in [2.45, 2.75) is 45.1 Å². The van der Waals surface area contributed by atoms with Gasteiger partial charge in [0.05, 0.1) is 17.6 Å². The lowest BCUT2D eigenvalue weighted by atomic mass is 9.96. The van der Waals surface area contributed by atoms with Gasteiger partial charge in [0.2, 0.25) is 5.91 Å². The third kappa shape index (κ3) is 5.88.